The van der Waals surface area contributed by atoms with Gasteiger partial charge in [-0.2, -0.15) is 0 Å². The zero-order valence-electron chi connectivity index (χ0n) is 23.8. The van der Waals surface area contributed by atoms with Gasteiger partial charge in [0, 0.05) is 24.4 Å². The summed E-state index contributed by atoms with van der Waals surface area (Å²) in [5, 5.41) is 27.8. The Morgan fingerprint density at radius 3 is 2.71 bits per heavy atom. The first-order valence-electron chi connectivity index (χ1n) is 13.3. The summed E-state index contributed by atoms with van der Waals surface area (Å²) in [6.45, 7) is 2.57. The number of aromatic nitrogens is 4. The number of hydrogen-bond donors (Lipinski definition) is 6. The zero-order valence-corrected chi connectivity index (χ0v) is 26.1. The number of thiazole rings is 1. The summed E-state index contributed by atoms with van der Waals surface area (Å²) in [4.78, 5) is 64.9. The summed E-state index contributed by atoms with van der Waals surface area (Å²) in [7, 11) is 1.83. The van der Waals surface area contributed by atoms with Gasteiger partial charge in [-0.3, -0.25) is 19.1 Å². The maximum Gasteiger partial charge on any atom is 0.352 e. The predicted molar refractivity (Wildman–Crippen MR) is 164 cm³/mol. The Labute approximate surface area is 267 Å². The summed E-state index contributed by atoms with van der Waals surface area (Å²) < 4.78 is 3.61. The van der Waals surface area contributed by atoms with Gasteiger partial charge in [-0.25, -0.2) is 19.1 Å². The van der Waals surface area contributed by atoms with Crippen LogP contribution in [0.2, 0.25) is 4.34 Å². The number of amides is 2. The minimum absolute atomic E-state index is 0.0107. The average molecular weight is 680 g/mol. The van der Waals surface area contributed by atoms with E-state index in [1.165, 1.54) is 18.7 Å². The number of nitrogens with one attached hydrogen (secondary N) is 2. The number of nitrogen functional groups attached to an aromatic ring is 2. The molecular formula is C25H28ClN10O7S2+. The highest BCUT2D eigenvalue weighted by atomic mass is 35.5. The molecule has 8 N–H and O–H groups in total. The topological polar surface area (TPSA) is 244 Å². The molecule has 0 spiro atoms. The van der Waals surface area contributed by atoms with E-state index in [2.05, 4.69) is 25.8 Å². The molecule has 2 amide bonds. The number of β-lactam (4-membered cyclic amide) rings is 1. The lowest BCUT2D eigenvalue weighted by Crippen LogP contribution is -2.71. The second kappa shape index (κ2) is 12.9. The molecule has 45 heavy (non-hydrogen) atoms. The highest BCUT2D eigenvalue weighted by molar-refractivity contribution is 8.00. The van der Waals surface area contributed by atoms with Gasteiger partial charge in [0.1, 0.15) is 39.2 Å². The van der Waals surface area contributed by atoms with Crippen LogP contribution in [0, 0.1) is 0 Å². The molecule has 1 unspecified atom stereocenters. The SMILES string of the molecule is CNCCn1c(N)nc2c1ccc[n+]2CC1=C(C(=O)O)N2C(=O)[C@@H](NC(=O)/C(=N\O[C@@H](C)C(=O)O)c3nc(N)sc3Cl)C2SC1. The van der Waals surface area contributed by atoms with E-state index in [-0.39, 0.29) is 33.2 Å². The maximum atomic E-state index is 13.3. The number of aliphatic carboxylic acids is 2. The molecular weight excluding hydrogens is 652 g/mol. The lowest BCUT2D eigenvalue weighted by Gasteiger charge is -2.49. The number of likely N-dealkylation sites (N-methyl/N-ethyl adjacent to an activating group) is 1. The van der Waals surface area contributed by atoms with Gasteiger partial charge >= 0.3 is 23.5 Å². The normalized spacial score (nSPS) is 18.9. The molecule has 17 nitrogen and oxygen atoms in total. The molecule has 3 atom stereocenters. The molecule has 20 heteroatoms. The Morgan fingerprint density at radius 1 is 1.31 bits per heavy atom. The molecule has 3 aromatic heterocycles. The highest BCUT2D eigenvalue weighted by Gasteiger charge is 2.54. The van der Waals surface area contributed by atoms with Crippen LogP contribution in [0.1, 0.15) is 12.6 Å². The van der Waals surface area contributed by atoms with Gasteiger partial charge in [0.2, 0.25) is 6.10 Å². The largest absolute Gasteiger partial charge is 0.478 e. The molecule has 5 heterocycles. The van der Waals surface area contributed by atoms with Crippen molar-refractivity contribution < 1.29 is 38.8 Å². The lowest BCUT2D eigenvalue weighted by molar-refractivity contribution is -0.664. The molecule has 2 aliphatic rings. The van der Waals surface area contributed by atoms with Crippen LogP contribution in [-0.2, 0) is 37.1 Å². The quantitative estimate of drug-likeness (QED) is 0.0610. The molecule has 0 aliphatic carbocycles. The molecule has 0 radical (unpaired) electrons. The number of halogens is 1. The van der Waals surface area contributed by atoms with Crippen molar-refractivity contribution in [1.29, 1.82) is 0 Å². The second-order valence-corrected chi connectivity index (χ2v) is 12.6. The van der Waals surface area contributed by atoms with Crippen molar-refractivity contribution in [2.75, 3.05) is 30.8 Å². The van der Waals surface area contributed by atoms with Crippen LogP contribution in [0.3, 0.4) is 0 Å². The minimum Gasteiger partial charge on any atom is -0.478 e. The van der Waals surface area contributed by atoms with Gasteiger partial charge in [0.15, 0.2) is 10.8 Å². The Hall–Kier alpha value is -4.46. The van der Waals surface area contributed by atoms with E-state index < -0.39 is 47.0 Å². The highest BCUT2D eigenvalue weighted by Crippen LogP contribution is 2.40. The first-order chi connectivity index (χ1) is 21.4. The fourth-order valence-corrected chi connectivity index (χ4v) is 7.06. The molecule has 5 rings (SSSR count). The fourth-order valence-electron chi connectivity index (χ4n) is 4.79. The standard InChI is InChI=1S/C25H27ClN10O7S2/c1-10(22(39)40)43-33-14(13-17(26)45-25(28)31-13)19(37)30-15-20(38)36-16(23(41)42)11(9-44-21(15)36)8-34-6-3-4-12-18(34)32-24(27)35(12)7-5-29-2/h3-4,6,10,15,21,27,29H,5,7-9H2,1-2H3,(H5,28,30,31,37,39,40,41,42)/p+1/b33-14-/t10-,15+,21?/m0/s1. The number of carbonyl (C=O) groups excluding carboxylic acids is 2. The van der Waals surface area contributed by atoms with E-state index in [1.54, 1.807) is 10.8 Å². The van der Waals surface area contributed by atoms with Crippen LogP contribution in [0.25, 0.3) is 11.2 Å². The van der Waals surface area contributed by atoms with Crippen LogP contribution in [0.5, 0.6) is 0 Å². The first kappa shape index (κ1) is 31.9. The third kappa shape index (κ3) is 6.10. The number of rotatable bonds is 12. The number of carbonyl (C=O) groups is 4. The number of nitrogens with two attached hydrogens (primary N) is 2. The van der Waals surface area contributed by atoms with Crippen molar-refractivity contribution in [2.45, 2.75) is 37.5 Å². The van der Waals surface area contributed by atoms with Crippen LogP contribution < -0.4 is 26.7 Å². The van der Waals surface area contributed by atoms with Crippen molar-refractivity contribution in [2.24, 2.45) is 5.16 Å². The summed E-state index contributed by atoms with van der Waals surface area (Å²) in [6.07, 6.45) is 0.340. The Morgan fingerprint density at radius 2 is 2.07 bits per heavy atom. The van der Waals surface area contributed by atoms with Crippen LogP contribution >= 0.6 is 34.7 Å². The van der Waals surface area contributed by atoms with Crippen LogP contribution in [0.4, 0.5) is 11.1 Å². The van der Waals surface area contributed by atoms with Crippen molar-refractivity contribution in [3.63, 3.8) is 0 Å². The number of pyridine rings is 1. The molecule has 2 aliphatic heterocycles. The van der Waals surface area contributed by atoms with Crippen molar-refractivity contribution in [3.8, 4) is 0 Å². The average Bonchev–Trinajstić information content (AvgIpc) is 3.51. The Kier molecular flexibility index (Phi) is 9.14. The molecule has 3 aromatic rings. The number of imidazole rings is 1. The number of anilines is 2. The third-order valence-electron chi connectivity index (χ3n) is 6.98. The number of oxime groups is 1. The van der Waals surface area contributed by atoms with Gasteiger partial charge in [-0.1, -0.05) is 28.1 Å². The van der Waals surface area contributed by atoms with Gasteiger partial charge in [-0.15, -0.1) is 11.8 Å². The van der Waals surface area contributed by atoms with E-state index in [0.717, 1.165) is 21.8 Å². The number of carboxylic acid groups (broad SMARTS) is 2. The monoisotopic (exact) mass is 679 g/mol. The van der Waals surface area contributed by atoms with Gasteiger partial charge in [0.05, 0.1) is 6.20 Å². The maximum absolute atomic E-state index is 13.3. The fraction of sp³-hybridized carbons (Fsp3) is 0.360. The van der Waals surface area contributed by atoms with E-state index in [0.29, 0.717) is 30.3 Å². The Bertz CT molecular complexity index is 1770. The number of carboxylic acids is 2. The molecule has 0 saturated carbocycles. The summed E-state index contributed by atoms with van der Waals surface area (Å²) in [6, 6.07) is 2.55. The molecule has 238 valence electrons. The smallest absolute Gasteiger partial charge is 0.352 e. The predicted octanol–water partition coefficient (Wildman–Crippen LogP) is -0.550. The number of nitrogens with zero attached hydrogens (tertiary/aromatic N) is 6. The van der Waals surface area contributed by atoms with Gasteiger partial charge < -0.3 is 37.2 Å². The lowest BCUT2D eigenvalue weighted by atomic mass is 10.0. The van der Waals surface area contributed by atoms with Crippen molar-refractivity contribution >= 4 is 86.4 Å². The second-order valence-electron chi connectivity index (χ2n) is 9.89. The molecule has 1 saturated heterocycles. The third-order valence-corrected chi connectivity index (χ3v) is 9.41. The van der Waals surface area contributed by atoms with Crippen molar-refractivity contribution in [1.82, 2.24) is 30.1 Å². The summed E-state index contributed by atoms with van der Waals surface area (Å²) in [5.41, 5.74) is 12.8. The van der Waals surface area contributed by atoms with E-state index in [1.807, 2.05) is 23.7 Å². The van der Waals surface area contributed by atoms with Gasteiger partial charge in [0.25, 0.3) is 11.8 Å². The van der Waals surface area contributed by atoms with Crippen LogP contribution in [-0.4, -0.2) is 96.0 Å². The molecule has 0 bridgehead atoms. The van der Waals surface area contributed by atoms with Crippen LogP contribution in [0.15, 0.2) is 34.8 Å². The molecule has 1 fully saturated rings. The molecule has 0 aromatic carbocycles. The van der Waals surface area contributed by atoms with Gasteiger partial charge in [-0.05, 0) is 31.1 Å². The Balaban J connectivity index is 1.39. The van der Waals surface area contributed by atoms with E-state index in [9.17, 15) is 24.3 Å². The summed E-state index contributed by atoms with van der Waals surface area (Å²) >= 11 is 8.29. The van der Waals surface area contributed by atoms with Crippen molar-refractivity contribution in [3.05, 3.63) is 39.6 Å². The number of fused-ring (bicyclic) bond motifs is 2. The number of hydrogen-bond acceptors (Lipinski definition) is 13. The van der Waals surface area contributed by atoms with E-state index in [4.69, 9.17) is 33.0 Å². The first-order valence-corrected chi connectivity index (χ1v) is 15.6. The minimum atomic E-state index is -1.42. The zero-order chi connectivity index (χ0) is 32.6. The number of thioether (sulfide) groups is 1. The summed E-state index contributed by atoms with van der Waals surface area (Å²) in [5.74, 6) is -3.70. The van der Waals surface area contributed by atoms with E-state index >= 15 is 0 Å².